The van der Waals surface area contributed by atoms with Crippen LogP contribution in [0.4, 0.5) is 8.78 Å². The Hall–Kier alpha value is -0.950. The van der Waals surface area contributed by atoms with Gasteiger partial charge < -0.3 is 18.6 Å². The molecule has 1 rings (SSSR count). The highest BCUT2D eigenvalue weighted by Gasteiger charge is 2.29. The van der Waals surface area contributed by atoms with Gasteiger partial charge in [0.1, 0.15) is 11.6 Å². The predicted octanol–water partition coefficient (Wildman–Crippen LogP) is -0.0592. The van der Waals surface area contributed by atoms with Gasteiger partial charge in [0.05, 0.1) is 0 Å². The maximum absolute atomic E-state index is 13.8. The largest absolute Gasteiger partial charge is 0.496 e. The Morgan fingerprint density at radius 2 is 1.00 bits per heavy atom. The zero-order valence-corrected chi connectivity index (χ0v) is 10.7. The molecular formula is C10H14B2F2O4. The van der Waals surface area contributed by atoms with Crippen LogP contribution < -0.4 is 10.9 Å². The quantitative estimate of drug-likeness (QED) is 0.670. The van der Waals surface area contributed by atoms with Crippen molar-refractivity contribution in [3.8, 4) is 0 Å². The summed E-state index contributed by atoms with van der Waals surface area (Å²) in [4.78, 5) is 0. The van der Waals surface area contributed by atoms with Crippen LogP contribution >= 0.6 is 0 Å². The average Bonchev–Trinajstić information content (AvgIpc) is 2.37. The Kier molecular flexibility index (Phi) is 5.74. The molecule has 0 atom stereocenters. The van der Waals surface area contributed by atoms with E-state index in [2.05, 4.69) is 0 Å². The molecule has 0 saturated heterocycles. The third-order valence-electron chi connectivity index (χ3n) is 2.48. The molecule has 0 aliphatic rings. The summed E-state index contributed by atoms with van der Waals surface area (Å²) in [6, 6.07) is 2.01. The molecule has 0 heterocycles. The van der Waals surface area contributed by atoms with Gasteiger partial charge in [-0.2, -0.15) is 0 Å². The van der Waals surface area contributed by atoms with Gasteiger partial charge in [-0.3, -0.25) is 0 Å². The van der Waals surface area contributed by atoms with Crippen molar-refractivity contribution in [1.29, 1.82) is 0 Å². The Labute approximate surface area is 105 Å². The van der Waals surface area contributed by atoms with E-state index >= 15 is 0 Å². The van der Waals surface area contributed by atoms with Gasteiger partial charge in [0.15, 0.2) is 0 Å². The normalized spacial score (nSPS) is 10.6. The van der Waals surface area contributed by atoms with E-state index in [9.17, 15) is 8.78 Å². The monoisotopic (exact) mass is 258 g/mol. The molecule has 0 amide bonds. The number of benzene rings is 1. The molecule has 4 nitrogen and oxygen atoms in total. The number of hydrogen-bond acceptors (Lipinski definition) is 4. The lowest BCUT2D eigenvalue weighted by atomic mass is 9.73. The Morgan fingerprint density at radius 1 is 0.722 bits per heavy atom. The fraction of sp³-hybridized carbons (Fsp3) is 0.400. The molecule has 0 aliphatic carbocycles. The fourth-order valence-electron chi connectivity index (χ4n) is 1.64. The van der Waals surface area contributed by atoms with E-state index in [1.165, 1.54) is 28.4 Å². The second kappa shape index (κ2) is 6.84. The zero-order chi connectivity index (χ0) is 13.7. The average molecular weight is 258 g/mol. The highest BCUT2D eigenvalue weighted by atomic mass is 19.1. The van der Waals surface area contributed by atoms with Gasteiger partial charge in [-0.1, -0.05) is 0 Å². The van der Waals surface area contributed by atoms with Crippen LogP contribution in [0.15, 0.2) is 12.1 Å². The summed E-state index contributed by atoms with van der Waals surface area (Å²) in [5.41, 5.74) is -0.0422. The van der Waals surface area contributed by atoms with Crippen molar-refractivity contribution in [3.63, 3.8) is 0 Å². The minimum atomic E-state index is -0.961. The molecule has 1 aromatic rings. The van der Waals surface area contributed by atoms with Gasteiger partial charge >= 0.3 is 14.2 Å². The Morgan fingerprint density at radius 3 is 1.22 bits per heavy atom. The molecule has 0 aromatic heterocycles. The number of halogens is 2. The Bertz CT molecular complexity index is 360. The number of hydrogen-bond donors (Lipinski definition) is 0. The third kappa shape index (κ3) is 3.08. The first-order valence-corrected chi connectivity index (χ1v) is 5.19. The van der Waals surface area contributed by atoms with E-state index in [1.54, 1.807) is 0 Å². The molecule has 0 radical (unpaired) electrons. The lowest BCUT2D eigenvalue weighted by molar-refractivity contribution is 0.288. The predicted molar refractivity (Wildman–Crippen MR) is 65.2 cm³/mol. The standard InChI is InChI=1S/C10H14B2F2O4/c1-15-11(16-2)7-5-10(14)8(6-9(7)13)12(17-3)18-4/h5-6H,1-4H3. The SMILES string of the molecule is COB(OC)c1cc(F)c(B(OC)OC)cc1F. The molecule has 0 N–H and O–H groups in total. The van der Waals surface area contributed by atoms with Gasteiger partial charge in [-0.05, 0) is 12.1 Å². The van der Waals surface area contributed by atoms with E-state index in [4.69, 9.17) is 18.6 Å². The van der Waals surface area contributed by atoms with E-state index in [0.29, 0.717) is 0 Å². The van der Waals surface area contributed by atoms with Crippen molar-refractivity contribution in [2.75, 3.05) is 28.4 Å². The van der Waals surface area contributed by atoms with Gasteiger partial charge in [-0.15, -0.1) is 0 Å². The molecule has 8 heteroatoms. The first-order chi connectivity index (χ1) is 8.58. The van der Waals surface area contributed by atoms with Crippen molar-refractivity contribution < 1.29 is 27.4 Å². The summed E-state index contributed by atoms with van der Waals surface area (Å²) in [5.74, 6) is -1.31. The highest BCUT2D eigenvalue weighted by molar-refractivity contribution is 6.63. The van der Waals surface area contributed by atoms with Crippen LogP contribution in [0.5, 0.6) is 0 Å². The van der Waals surface area contributed by atoms with Crippen molar-refractivity contribution in [2.24, 2.45) is 0 Å². The molecule has 18 heavy (non-hydrogen) atoms. The van der Waals surface area contributed by atoms with Gasteiger partial charge in [-0.25, -0.2) is 8.78 Å². The van der Waals surface area contributed by atoms with Crippen LogP contribution in [0, 0.1) is 11.6 Å². The smallest absolute Gasteiger partial charge is 0.410 e. The maximum Gasteiger partial charge on any atom is 0.496 e. The lowest BCUT2D eigenvalue weighted by Gasteiger charge is -2.14. The molecule has 1 aromatic carbocycles. The molecule has 0 fully saturated rings. The van der Waals surface area contributed by atoms with E-state index in [1.807, 2.05) is 0 Å². The van der Waals surface area contributed by atoms with Crippen LogP contribution in [-0.4, -0.2) is 42.7 Å². The van der Waals surface area contributed by atoms with Crippen LogP contribution in [0.25, 0.3) is 0 Å². The first-order valence-electron chi connectivity index (χ1n) is 5.19. The third-order valence-corrected chi connectivity index (χ3v) is 2.48. The molecule has 0 saturated carbocycles. The first kappa shape index (κ1) is 15.1. The molecular weight excluding hydrogens is 244 g/mol. The molecule has 0 spiro atoms. The van der Waals surface area contributed by atoms with Gasteiger partial charge in [0.25, 0.3) is 0 Å². The Balaban J connectivity index is 3.18. The number of rotatable bonds is 6. The van der Waals surface area contributed by atoms with E-state index in [-0.39, 0.29) is 10.9 Å². The van der Waals surface area contributed by atoms with Crippen LogP contribution in [0.2, 0.25) is 0 Å². The molecule has 98 valence electrons. The van der Waals surface area contributed by atoms with Crippen molar-refractivity contribution in [1.82, 2.24) is 0 Å². The fourth-order valence-corrected chi connectivity index (χ4v) is 1.64. The summed E-state index contributed by atoms with van der Waals surface area (Å²) in [5, 5.41) is 0. The topological polar surface area (TPSA) is 36.9 Å². The van der Waals surface area contributed by atoms with Crippen LogP contribution in [0.3, 0.4) is 0 Å². The van der Waals surface area contributed by atoms with Crippen molar-refractivity contribution in [3.05, 3.63) is 23.8 Å². The maximum atomic E-state index is 13.8. The molecule has 0 aliphatic heterocycles. The molecule has 0 unspecified atom stereocenters. The minimum absolute atomic E-state index is 0.0211. The summed E-state index contributed by atoms with van der Waals surface area (Å²) in [6.45, 7) is 0. The zero-order valence-electron chi connectivity index (χ0n) is 10.7. The van der Waals surface area contributed by atoms with Gasteiger partial charge in [0, 0.05) is 39.4 Å². The lowest BCUT2D eigenvalue weighted by Crippen LogP contribution is -2.43. The van der Waals surface area contributed by atoms with Crippen LogP contribution in [-0.2, 0) is 18.6 Å². The summed E-state index contributed by atoms with van der Waals surface area (Å²) in [6.07, 6.45) is 0. The summed E-state index contributed by atoms with van der Waals surface area (Å²) >= 11 is 0. The van der Waals surface area contributed by atoms with Crippen LogP contribution in [0.1, 0.15) is 0 Å². The van der Waals surface area contributed by atoms with Gasteiger partial charge in [0.2, 0.25) is 0 Å². The molecule has 0 bridgehead atoms. The minimum Gasteiger partial charge on any atom is -0.410 e. The summed E-state index contributed by atoms with van der Waals surface area (Å²) in [7, 11) is 3.44. The summed E-state index contributed by atoms with van der Waals surface area (Å²) < 4.78 is 47.2. The van der Waals surface area contributed by atoms with Crippen molar-refractivity contribution in [2.45, 2.75) is 0 Å². The second-order valence-electron chi connectivity index (χ2n) is 3.50. The second-order valence-corrected chi connectivity index (χ2v) is 3.50. The van der Waals surface area contributed by atoms with Crippen molar-refractivity contribution >= 4 is 25.2 Å². The highest BCUT2D eigenvalue weighted by Crippen LogP contribution is 2.03. The van der Waals surface area contributed by atoms with E-state index in [0.717, 1.165) is 12.1 Å². The van der Waals surface area contributed by atoms with E-state index < -0.39 is 25.9 Å².